The van der Waals surface area contributed by atoms with Gasteiger partial charge in [-0.25, -0.2) is 4.98 Å². The van der Waals surface area contributed by atoms with Crippen molar-refractivity contribution >= 4 is 28.4 Å². The molecule has 4 heterocycles. The van der Waals surface area contributed by atoms with Crippen molar-refractivity contribution in [2.75, 3.05) is 38.7 Å². The summed E-state index contributed by atoms with van der Waals surface area (Å²) in [5.74, 6) is 1.67. The fourth-order valence-electron chi connectivity index (χ4n) is 6.67. The van der Waals surface area contributed by atoms with E-state index in [0.717, 1.165) is 31.4 Å². The molecule has 1 aliphatic carbocycles. The van der Waals surface area contributed by atoms with Crippen molar-refractivity contribution in [1.82, 2.24) is 19.4 Å². The number of benzene rings is 2. The SMILES string of the molecule is COc1cc2c(Oc3ccc(NC(=O)c4cc5c(n(-c6ccccc6)c4=O)CCCC5=O)nc3)ccnc2cc1OCCCN1CCCCC1. The number of amides is 1. The minimum atomic E-state index is -0.654. The number of rotatable bonds is 11. The Morgan fingerprint density at radius 2 is 1.72 bits per heavy atom. The van der Waals surface area contributed by atoms with E-state index in [1.165, 1.54) is 36.1 Å². The number of pyridine rings is 3. The Bertz CT molecular complexity index is 2070. The summed E-state index contributed by atoms with van der Waals surface area (Å²) in [6, 6.07) is 19.2. The normalized spacial score (nSPS) is 14.6. The van der Waals surface area contributed by atoms with Crippen LogP contribution in [0.25, 0.3) is 16.6 Å². The summed E-state index contributed by atoms with van der Waals surface area (Å²) in [6.45, 7) is 3.92. The van der Waals surface area contributed by atoms with Gasteiger partial charge in [0.25, 0.3) is 11.5 Å². The molecule has 1 aliphatic heterocycles. The highest BCUT2D eigenvalue weighted by molar-refractivity contribution is 6.06. The molecule has 2 aliphatic rings. The van der Waals surface area contributed by atoms with E-state index in [2.05, 4.69) is 20.2 Å². The van der Waals surface area contributed by atoms with Gasteiger partial charge in [0.15, 0.2) is 17.3 Å². The molecule has 3 aromatic heterocycles. The molecule has 256 valence electrons. The van der Waals surface area contributed by atoms with E-state index in [-0.39, 0.29) is 17.2 Å². The number of likely N-dealkylation sites (tertiary alicyclic amines) is 1. The third-order valence-electron chi connectivity index (χ3n) is 9.20. The number of carbonyl (C=O) groups excluding carboxylic acids is 2. The molecule has 0 unspecified atom stereocenters. The number of hydrogen-bond acceptors (Lipinski definition) is 9. The summed E-state index contributed by atoms with van der Waals surface area (Å²) in [7, 11) is 1.61. The zero-order valence-corrected chi connectivity index (χ0v) is 28.0. The summed E-state index contributed by atoms with van der Waals surface area (Å²) in [4.78, 5) is 51.3. The maximum absolute atomic E-state index is 13.7. The second-order valence-electron chi connectivity index (χ2n) is 12.5. The standard InChI is InChI=1S/C39H39N5O6/c1-48-35-23-28-31(24-36(35)49-21-9-20-43-18-6-3-7-19-43)40-17-16-34(28)50-27-14-15-37(41-25-27)42-38(46)30-22-29-32(12-8-13-33(29)45)44(39(30)47)26-10-4-2-5-11-26/h2,4-5,10-11,14-17,22-25H,3,6-9,12-13,18-21H2,1H3,(H,41,42,46). The molecule has 1 amide bonds. The first kappa shape index (κ1) is 33.0. The lowest BCUT2D eigenvalue weighted by Crippen LogP contribution is -2.33. The average Bonchev–Trinajstić information content (AvgIpc) is 3.14. The molecule has 1 N–H and O–H groups in total. The quantitative estimate of drug-likeness (QED) is 0.154. The van der Waals surface area contributed by atoms with Crippen LogP contribution in [-0.4, -0.2) is 64.5 Å². The predicted molar refractivity (Wildman–Crippen MR) is 190 cm³/mol. The van der Waals surface area contributed by atoms with Crippen molar-refractivity contribution < 1.29 is 23.8 Å². The Morgan fingerprint density at radius 1 is 0.880 bits per heavy atom. The van der Waals surface area contributed by atoms with Gasteiger partial charge in [-0.05, 0) is 87.7 Å². The van der Waals surface area contributed by atoms with Gasteiger partial charge in [0, 0.05) is 47.6 Å². The number of ketones is 1. The molecule has 1 fully saturated rings. The monoisotopic (exact) mass is 673 g/mol. The number of Topliss-reactive ketones (excluding diaryl/α,β-unsaturated/α-hetero) is 1. The first-order valence-electron chi connectivity index (χ1n) is 17.1. The molecule has 0 saturated carbocycles. The van der Waals surface area contributed by atoms with Gasteiger partial charge < -0.3 is 24.4 Å². The van der Waals surface area contributed by atoms with E-state index >= 15 is 0 Å². The van der Waals surface area contributed by atoms with E-state index in [4.69, 9.17) is 14.2 Å². The van der Waals surface area contributed by atoms with Gasteiger partial charge in [0.05, 0.1) is 25.4 Å². The van der Waals surface area contributed by atoms with Gasteiger partial charge in [-0.15, -0.1) is 0 Å². The molecule has 50 heavy (non-hydrogen) atoms. The molecule has 0 radical (unpaired) electrons. The Morgan fingerprint density at radius 3 is 2.50 bits per heavy atom. The van der Waals surface area contributed by atoms with Crippen LogP contribution in [0, 0.1) is 0 Å². The highest BCUT2D eigenvalue weighted by Crippen LogP contribution is 2.37. The molecule has 0 atom stereocenters. The minimum absolute atomic E-state index is 0.0853. The Labute approximate surface area is 289 Å². The highest BCUT2D eigenvalue weighted by atomic mass is 16.5. The maximum atomic E-state index is 13.7. The second kappa shape index (κ2) is 14.9. The van der Waals surface area contributed by atoms with Crippen molar-refractivity contribution in [1.29, 1.82) is 0 Å². The van der Waals surface area contributed by atoms with Crippen LogP contribution in [-0.2, 0) is 6.42 Å². The number of ether oxygens (including phenoxy) is 3. The molecular formula is C39H39N5O6. The summed E-state index contributed by atoms with van der Waals surface area (Å²) < 4.78 is 19.4. The van der Waals surface area contributed by atoms with Crippen LogP contribution in [0.3, 0.4) is 0 Å². The number of para-hydroxylation sites is 1. The molecule has 5 aromatic rings. The summed E-state index contributed by atoms with van der Waals surface area (Å²) in [5, 5.41) is 3.44. The van der Waals surface area contributed by atoms with Gasteiger partial charge >= 0.3 is 0 Å². The Balaban J connectivity index is 1.06. The van der Waals surface area contributed by atoms with E-state index in [1.807, 2.05) is 30.3 Å². The Hall–Kier alpha value is -5.55. The van der Waals surface area contributed by atoms with Crippen LogP contribution in [0.1, 0.15) is 64.9 Å². The predicted octanol–water partition coefficient (Wildman–Crippen LogP) is 6.61. The molecule has 1 saturated heterocycles. The van der Waals surface area contributed by atoms with E-state index < -0.39 is 11.5 Å². The number of nitrogens with zero attached hydrogens (tertiary/aromatic N) is 4. The number of anilines is 1. The number of nitrogens with one attached hydrogen (secondary N) is 1. The summed E-state index contributed by atoms with van der Waals surface area (Å²) in [6.07, 6.45) is 9.53. The van der Waals surface area contributed by atoms with Gasteiger partial charge in [0.1, 0.15) is 22.9 Å². The minimum Gasteiger partial charge on any atom is -0.493 e. The number of carbonyl (C=O) groups is 2. The lowest BCUT2D eigenvalue weighted by Gasteiger charge is -2.26. The molecule has 11 nitrogen and oxygen atoms in total. The van der Waals surface area contributed by atoms with Crippen LogP contribution in [0.5, 0.6) is 23.0 Å². The van der Waals surface area contributed by atoms with Crippen molar-refractivity contribution in [3.05, 3.63) is 106 Å². The average molecular weight is 674 g/mol. The third kappa shape index (κ3) is 7.09. The second-order valence-corrected chi connectivity index (χ2v) is 12.5. The molecule has 0 bridgehead atoms. The van der Waals surface area contributed by atoms with Crippen LogP contribution in [0.15, 0.2) is 83.9 Å². The number of fused-ring (bicyclic) bond motifs is 2. The third-order valence-corrected chi connectivity index (χ3v) is 9.20. The molecule has 0 spiro atoms. The number of methoxy groups -OCH3 is 1. The Kier molecular flexibility index (Phi) is 9.84. The van der Waals surface area contributed by atoms with Crippen molar-refractivity contribution in [2.24, 2.45) is 0 Å². The lowest BCUT2D eigenvalue weighted by molar-refractivity contribution is 0.0971. The zero-order valence-electron chi connectivity index (χ0n) is 28.0. The summed E-state index contributed by atoms with van der Waals surface area (Å²) in [5.41, 5.74) is 1.69. The summed E-state index contributed by atoms with van der Waals surface area (Å²) >= 11 is 0. The van der Waals surface area contributed by atoms with Crippen LogP contribution in [0.2, 0.25) is 0 Å². The smallest absolute Gasteiger partial charge is 0.268 e. The largest absolute Gasteiger partial charge is 0.493 e. The van der Waals surface area contributed by atoms with Crippen molar-refractivity contribution in [3.8, 4) is 28.7 Å². The van der Waals surface area contributed by atoms with Gasteiger partial charge in [0.2, 0.25) is 0 Å². The van der Waals surface area contributed by atoms with Crippen LogP contribution in [0.4, 0.5) is 5.82 Å². The van der Waals surface area contributed by atoms with E-state index in [9.17, 15) is 14.4 Å². The van der Waals surface area contributed by atoms with Crippen LogP contribution >= 0.6 is 0 Å². The van der Waals surface area contributed by atoms with Gasteiger partial charge in [-0.1, -0.05) is 24.6 Å². The van der Waals surface area contributed by atoms with E-state index in [1.54, 1.807) is 43.6 Å². The van der Waals surface area contributed by atoms with Crippen molar-refractivity contribution in [2.45, 2.75) is 44.9 Å². The fraction of sp³-hybridized carbons (Fsp3) is 0.308. The highest BCUT2D eigenvalue weighted by Gasteiger charge is 2.26. The maximum Gasteiger partial charge on any atom is 0.268 e. The number of hydrogen-bond donors (Lipinski definition) is 1. The molecule has 7 rings (SSSR count). The fourth-order valence-corrected chi connectivity index (χ4v) is 6.67. The molecular weight excluding hydrogens is 634 g/mol. The number of piperidine rings is 1. The molecule has 2 aromatic carbocycles. The first-order chi connectivity index (χ1) is 24.5. The van der Waals surface area contributed by atoms with Crippen LogP contribution < -0.4 is 25.1 Å². The topological polar surface area (TPSA) is 125 Å². The zero-order chi connectivity index (χ0) is 34.5. The van der Waals surface area contributed by atoms with Crippen molar-refractivity contribution in [3.63, 3.8) is 0 Å². The lowest BCUT2D eigenvalue weighted by atomic mass is 9.92. The van der Waals surface area contributed by atoms with Gasteiger partial charge in [-0.2, -0.15) is 0 Å². The van der Waals surface area contributed by atoms with Gasteiger partial charge in [-0.3, -0.25) is 23.9 Å². The molecule has 11 heteroatoms. The van der Waals surface area contributed by atoms with E-state index in [0.29, 0.717) is 71.3 Å². The number of aromatic nitrogens is 3. The first-order valence-corrected chi connectivity index (χ1v) is 17.1.